The summed E-state index contributed by atoms with van der Waals surface area (Å²) in [4.78, 5) is 6.21. The SMILES string of the molecule is N#Cc1c(C(F)(F)F)cc(-c2ccccc2)nc1N1CCCCC1. The molecule has 3 nitrogen and oxygen atoms in total. The summed E-state index contributed by atoms with van der Waals surface area (Å²) in [6, 6.07) is 11.4. The van der Waals surface area contributed by atoms with Crippen LogP contribution in [0.3, 0.4) is 0 Å². The lowest BCUT2D eigenvalue weighted by Gasteiger charge is -2.29. The number of nitrogens with zero attached hydrogens (tertiary/aromatic N) is 3. The monoisotopic (exact) mass is 331 g/mol. The van der Waals surface area contributed by atoms with Crippen LogP contribution in [0.25, 0.3) is 11.3 Å². The summed E-state index contributed by atoms with van der Waals surface area (Å²) >= 11 is 0. The highest BCUT2D eigenvalue weighted by molar-refractivity contribution is 5.68. The Morgan fingerprint density at radius 1 is 1.04 bits per heavy atom. The normalized spacial score (nSPS) is 15.2. The predicted molar refractivity (Wildman–Crippen MR) is 85.5 cm³/mol. The zero-order valence-corrected chi connectivity index (χ0v) is 13.0. The van der Waals surface area contributed by atoms with Crippen LogP contribution in [0.5, 0.6) is 0 Å². The molecule has 2 heterocycles. The van der Waals surface area contributed by atoms with E-state index in [-0.39, 0.29) is 17.1 Å². The third-order valence-corrected chi connectivity index (χ3v) is 4.14. The lowest BCUT2D eigenvalue weighted by molar-refractivity contribution is -0.137. The molecule has 1 aliphatic rings. The summed E-state index contributed by atoms with van der Waals surface area (Å²) in [6.45, 7) is 1.24. The average Bonchev–Trinajstić information content (AvgIpc) is 2.61. The van der Waals surface area contributed by atoms with E-state index in [4.69, 9.17) is 0 Å². The fraction of sp³-hybridized carbons (Fsp3) is 0.333. The van der Waals surface area contributed by atoms with Crippen LogP contribution in [0.1, 0.15) is 30.4 Å². The van der Waals surface area contributed by atoms with Crippen LogP contribution in [0.15, 0.2) is 36.4 Å². The first-order valence-corrected chi connectivity index (χ1v) is 7.83. The van der Waals surface area contributed by atoms with Gasteiger partial charge in [0.15, 0.2) is 0 Å². The minimum absolute atomic E-state index is 0.144. The van der Waals surface area contributed by atoms with Crippen molar-refractivity contribution in [1.29, 1.82) is 5.26 Å². The fourth-order valence-electron chi connectivity index (χ4n) is 2.96. The van der Waals surface area contributed by atoms with Crippen LogP contribution in [-0.4, -0.2) is 18.1 Å². The molecule has 1 aromatic heterocycles. The van der Waals surface area contributed by atoms with Gasteiger partial charge in [-0.25, -0.2) is 4.98 Å². The highest BCUT2D eigenvalue weighted by Gasteiger charge is 2.37. The minimum Gasteiger partial charge on any atom is -0.355 e. The van der Waals surface area contributed by atoms with E-state index in [1.807, 2.05) is 0 Å². The van der Waals surface area contributed by atoms with E-state index in [9.17, 15) is 18.4 Å². The summed E-state index contributed by atoms with van der Waals surface area (Å²) in [5, 5.41) is 9.34. The van der Waals surface area contributed by atoms with E-state index in [1.165, 1.54) is 0 Å². The third-order valence-electron chi connectivity index (χ3n) is 4.14. The number of hydrogen-bond acceptors (Lipinski definition) is 3. The summed E-state index contributed by atoms with van der Waals surface area (Å²) in [5.74, 6) is 0.144. The first-order chi connectivity index (χ1) is 11.5. The second-order valence-corrected chi connectivity index (χ2v) is 5.78. The van der Waals surface area contributed by atoms with Crippen LogP contribution in [-0.2, 0) is 6.18 Å². The third kappa shape index (κ3) is 3.21. The number of anilines is 1. The molecule has 1 aromatic carbocycles. The maximum absolute atomic E-state index is 13.5. The molecule has 1 fully saturated rings. The maximum Gasteiger partial charge on any atom is 0.417 e. The minimum atomic E-state index is -4.60. The number of rotatable bonds is 2. The van der Waals surface area contributed by atoms with Crippen molar-refractivity contribution in [3.05, 3.63) is 47.5 Å². The quantitative estimate of drug-likeness (QED) is 0.805. The average molecular weight is 331 g/mol. The smallest absolute Gasteiger partial charge is 0.355 e. The molecule has 124 valence electrons. The summed E-state index contributed by atoms with van der Waals surface area (Å²) < 4.78 is 40.4. The number of alkyl halides is 3. The Labute approximate surface area is 138 Å². The van der Waals surface area contributed by atoms with Gasteiger partial charge in [0.2, 0.25) is 0 Å². The Bertz CT molecular complexity index is 758. The van der Waals surface area contributed by atoms with Gasteiger partial charge >= 0.3 is 6.18 Å². The van der Waals surface area contributed by atoms with Crippen LogP contribution < -0.4 is 4.90 Å². The first kappa shape index (κ1) is 16.3. The van der Waals surface area contributed by atoms with Crippen LogP contribution in [0.2, 0.25) is 0 Å². The van der Waals surface area contributed by atoms with Gasteiger partial charge < -0.3 is 4.90 Å². The molecule has 3 rings (SSSR count). The van der Waals surface area contributed by atoms with Gasteiger partial charge in [-0.1, -0.05) is 30.3 Å². The van der Waals surface area contributed by atoms with Crippen molar-refractivity contribution in [2.75, 3.05) is 18.0 Å². The highest BCUT2D eigenvalue weighted by atomic mass is 19.4. The Hall–Kier alpha value is -2.55. The van der Waals surface area contributed by atoms with Crippen molar-refractivity contribution in [1.82, 2.24) is 4.98 Å². The molecule has 0 bridgehead atoms. The summed E-state index contributed by atoms with van der Waals surface area (Å²) in [5.41, 5.74) is -0.461. The van der Waals surface area contributed by atoms with Gasteiger partial charge in [0.1, 0.15) is 17.5 Å². The molecule has 1 saturated heterocycles. The lowest BCUT2D eigenvalue weighted by atomic mass is 10.0. The van der Waals surface area contributed by atoms with E-state index in [0.717, 1.165) is 25.3 Å². The molecule has 2 aromatic rings. The molecular weight excluding hydrogens is 315 g/mol. The highest BCUT2D eigenvalue weighted by Crippen LogP contribution is 2.38. The van der Waals surface area contributed by atoms with Gasteiger partial charge in [-0.3, -0.25) is 0 Å². The second kappa shape index (κ2) is 6.52. The van der Waals surface area contributed by atoms with Crippen LogP contribution in [0.4, 0.5) is 19.0 Å². The van der Waals surface area contributed by atoms with E-state index in [0.29, 0.717) is 18.7 Å². The number of nitriles is 1. The van der Waals surface area contributed by atoms with Crippen molar-refractivity contribution in [3.8, 4) is 17.3 Å². The number of pyridine rings is 1. The van der Waals surface area contributed by atoms with Crippen molar-refractivity contribution in [2.24, 2.45) is 0 Å². The molecule has 6 heteroatoms. The zero-order valence-electron chi connectivity index (χ0n) is 13.0. The Balaban J connectivity index is 2.20. The summed E-state index contributed by atoms with van der Waals surface area (Å²) in [7, 11) is 0. The van der Waals surface area contributed by atoms with Gasteiger partial charge in [-0.05, 0) is 25.3 Å². The number of halogens is 3. The van der Waals surface area contributed by atoms with Gasteiger partial charge in [0, 0.05) is 18.7 Å². The van der Waals surface area contributed by atoms with Gasteiger partial charge in [0.05, 0.1) is 11.3 Å². The zero-order chi connectivity index (χ0) is 17.2. The molecule has 0 amide bonds. The van der Waals surface area contributed by atoms with Crippen molar-refractivity contribution >= 4 is 5.82 Å². The molecular formula is C18H16F3N3. The molecule has 0 aliphatic carbocycles. The predicted octanol–water partition coefficient (Wildman–Crippen LogP) is 4.63. The van der Waals surface area contributed by atoms with Crippen LogP contribution in [0, 0.1) is 11.3 Å². The lowest BCUT2D eigenvalue weighted by Crippen LogP contribution is -2.31. The van der Waals surface area contributed by atoms with E-state index in [1.54, 1.807) is 41.3 Å². The van der Waals surface area contributed by atoms with E-state index >= 15 is 0 Å². The molecule has 0 atom stereocenters. The van der Waals surface area contributed by atoms with E-state index < -0.39 is 11.7 Å². The number of aromatic nitrogens is 1. The Morgan fingerprint density at radius 3 is 2.29 bits per heavy atom. The Morgan fingerprint density at radius 2 is 1.71 bits per heavy atom. The van der Waals surface area contributed by atoms with Crippen molar-refractivity contribution in [3.63, 3.8) is 0 Å². The largest absolute Gasteiger partial charge is 0.417 e. The molecule has 0 unspecified atom stereocenters. The van der Waals surface area contributed by atoms with E-state index in [2.05, 4.69) is 4.98 Å². The van der Waals surface area contributed by atoms with Crippen LogP contribution >= 0.6 is 0 Å². The molecule has 0 N–H and O–H groups in total. The number of hydrogen-bond donors (Lipinski definition) is 0. The maximum atomic E-state index is 13.5. The van der Waals surface area contributed by atoms with Crippen molar-refractivity contribution < 1.29 is 13.2 Å². The number of piperidine rings is 1. The topological polar surface area (TPSA) is 39.9 Å². The molecule has 0 saturated carbocycles. The fourth-order valence-corrected chi connectivity index (χ4v) is 2.96. The van der Waals surface area contributed by atoms with Gasteiger partial charge in [0.25, 0.3) is 0 Å². The molecule has 24 heavy (non-hydrogen) atoms. The summed E-state index contributed by atoms with van der Waals surface area (Å²) in [6.07, 6.45) is -1.77. The standard InChI is InChI=1S/C18H16F3N3/c19-18(20,21)15-11-16(13-7-3-1-4-8-13)23-17(14(15)12-22)24-9-5-2-6-10-24/h1,3-4,7-8,11H,2,5-6,9-10H2. The van der Waals surface area contributed by atoms with Crippen molar-refractivity contribution in [2.45, 2.75) is 25.4 Å². The second-order valence-electron chi connectivity index (χ2n) is 5.78. The number of benzene rings is 1. The van der Waals surface area contributed by atoms with Gasteiger partial charge in [-0.2, -0.15) is 18.4 Å². The first-order valence-electron chi connectivity index (χ1n) is 7.83. The molecule has 0 radical (unpaired) electrons. The Kier molecular flexibility index (Phi) is 4.43. The van der Waals surface area contributed by atoms with Gasteiger partial charge in [-0.15, -0.1) is 0 Å². The molecule has 0 spiro atoms. The molecule has 1 aliphatic heterocycles.